The van der Waals surface area contributed by atoms with Gasteiger partial charge in [-0.1, -0.05) is 6.07 Å². The van der Waals surface area contributed by atoms with Crippen LogP contribution in [0.3, 0.4) is 0 Å². The monoisotopic (exact) mass is 303 g/mol. The van der Waals surface area contributed by atoms with Crippen LogP contribution in [0, 0.1) is 13.8 Å². The molecule has 3 rings (SSSR count). The van der Waals surface area contributed by atoms with Gasteiger partial charge >= 0.3 is 0 Å². The number of aryl methyl sites for hydroxylation is 2. The summed E-state index contributed by atoms with van der Waals surface area (Å²) >= 11 is 1.73. The minimum absolute atomic E-state index is 0.559. The van der Waals surface area contributed by atoms with Crippen molar-refractivity contribution in [2.75, 3.05) is 7.11 Å². The Morgan fingerprint density at radius 2 is 2.19 bits per heavy atom. The molecule has 0 spiro atoms. The molecule has 0 amide bonds. The second-order valence-corrected chi connectivity index (χ2v) is 6.74. The van der Waals surface area contributed by atoms with E-state index in [-0.39, 0.29) is 0 Å². The molecule has 0 bridgehead atoms. The fraction of sp³-hybridized carbons (Fsp3) is 0.500. The van der Waals surface area contributed by atoms with Gasteiger partial charge < -0.3 is 10.1 Å². The fourth-order valence-corrected chi connectivity index (χ4v) is 3.41. The smallest absolute Gasteiger partial charge is 0.142 e. The Morgan fingerprint density at radius 1 is 1.38 bits per heavy atom. The topological polar surface area (TPSA) is 47.0 Å². The molecule has 1 aliphatic carbocycles. The van der Waals surface area contributed by atoms with E-state index < -0.39 is 0 Å². The molecule has 0 unspecified atom stereocenters. The lowest BCUT2D eigenvalue weighted by Crippen LogP contribution is -2.15. The highest BCUT2D eigenvalue weighted by atomic mass is 32.1. The van der Waals surface area contributed by atoms with E-state index in [1.54, 1.807) is 18.4 Å². The first-order valence-corrected chi connectivity index (χ1v) is 8.13. The Balaban J connectivity index is 1.88. The summed E-state index contributed by atoms with van der Waals surface area (Å²) < 4.78 is 5.29. The number of thiazole rings is 1. The van der Waals surface area contributed by atoms with Gasteiger partial charge in [-0.15, -0.1) is 11.3 Å². The lowest BCUT2D eigenvalue weighted by Gasteiger charge is -2.02. The van der Waals surface area contributed by atoms with Crippen molar-refractivity contribution in [2.45, 2.75) is 45.9 Å². The first kappa shape index (κ1) is 14.6. The zero-order valence-electron chi connectivity index (χ0n) is 12.8. The quantitative estimate of drug-likeness (QED) is 0.890. The lowest BCUT2D eigenvalue weighted by molar-refractivity contribution is 0.181. The van der Waals surface area contributed by atoms with Gasteiger partial charge in [0, 0.05) is 30.8 Å². The summed E-state index contributed by atoms with van der Waals surface area (Å²) in [5.74, 6) is 0. The van der Waals surface area contributed by atoms with Crippen molar-refractivity contribution in [3.63, 3.8) is 0 Å². The Bertz CT molecular complexity index is 634. The fourth-order valence-electron chi connectivity index (χ4n) is 2.34. The summed E-state index contributed by atoms with van der Waals surface area (Å²) in [6, 6.07) is 2.85. The molecule has 2 heterocycles. The number of nitrogens with one attached hydrogen (secondary N) is 1. The molecule has 4 nitrogen and oxygen atoms in total. The molecule has 0 radical (unpaired) electrons. The Hall–Kier alpha value is -1.30. The van der Waals surface area contributed by atoms with Crippen LogP contribution in [-0.4, -0.2) is 23.1 Å². The number of nitrogens with zero attached hydrogens (tertiary/aromatic N) is 2. The third-order valence-electron chi connectivity index (χ3n) is 3.61. The van der Waals surface area contributed by atoms with Crippen LogP contribution in [-0.2, 0) is 17.9 Å². The SMILES string of the molecule is COCc1nc(-c2ncc(C)cc2C)sc1CNC1CC1. The van der Waals surface area contributed by atoms with Crippen LogP contribution in [0.25, 0.3) is 10.7 Å². The Labute approximate surface area is 129 Å². The van der Waals surface area contributed by atoms with Crippen molar-refractivity contribution in [1.82, 2.24) is 15.3 Å². The van der Waals surface area contributed by atoms with Crippen molar-refractivity contribution in [3.8, 4) is 10.7 Å². The maximum absolute atomic E-state index is 5.29. The molecule has 0 aliphatic heterocycles. The summed E-state index contributed by atoms with van der Waals surface area (Å²) in [4.78, 5) is 10.6. The molecule has 2 aromatic rings. The van der Waals surface area contributed by atoms with Gasteiger partial charge in [-0.3, -0.25) is 4.98 Å². The molecule has 0 atom stereocenters. The largest absolute Gasteiger partial charge is 0.378 e. The summed E-state index contributed by atoms with van der Waals surface area (Å²) in [6.07, 6.45) is 4.50. The third-order valence-corrected chi connectivity index (χ3v) is 4.71. The zero-order chi connectivity index (χ0) is 14.8. The number of methoxy groups -OCH3 is 1. The molecule has 1 aliphatic rings. The van der Waals surface area contributed by atoms with Gasteiger partial charge in [0.05, 0.1) is 12.3 Å². The number of ether oxygens (including phenoxy) is 1. The number of hydrogen-bond acceptors (Lipinski definition) is 5. The van der Waals surface area contributed by atoms with Crippen molar-refractivity contribution in [3.05, 3.63) is 34.0 Å². The van der Waals surface area contributed by atoms with Crippen LogP contribution >= 0.6 is 11.3 Å². The highest BCUT2D eigenvalue weighted by molar-refractivity contribution is 7.15. The minimum atomic E-state index is 0.559. The molecule has 1 fully saturated rings. The summed E-state index contributed by atoms with van der Waals surface area (Å²) in [6.45, 7) is 5.59. The van der Waals surface area contributed by atoms with E-state index in [2.05, 4.69) is 30.2 Å². The van der Waals surface area contributed by atoms with Gasteiger partial charge in [0.15, 0.2) is 0 Å². The average Bonchev–Trinajstić information content (AvgIpc) is 3.19. The molecule has 1 N–H and O–H groups in total. The highest BCUT2D eigenvalue weighted by Gasteiger charge is 2.22. The normalized spacial score (nSPS) is 14.6. The van der Waals surface area contributed by atoms with Gasteiger partial charge in [0.2, 0.25) is 0 Å². The molecule has 112 valence electrons. The van der Waals surface area contributed by atoms with Crippen LogP contribution in [0.4, 0.5) is 0 Å². The minimum Gasteiger partial charge on any atom is -0.378 e. The average molecular weight is 303 g/mol. The lowest BCUT2D eigenvalue weighted by atomic mass is 10.2. The molecular formula is C16H21N3OS. The van der Waals surface area contributed by atoms with Gasteiger partial charge in [0.1, 0.15) is 10.7 Å². The van der Waals surface area contributed by atoms with Crippen LogP contribution in [0.5, 0.6) is 0 Å². The van der Waals surface area contributed by atoms with E-state index >= 15 is 0 Å². The van der Waals surface area contributed by atoms with Crippen LogP contribution < -0.4 is 5.32 Å². The van der Waals surface area contributed by atoms with E-state index in [4.69, 9.17) is 9.72 Å². The van der Waals surface area contributed by atoms with Crippen molar-refractivity contribution in [2.24, 2.45) is 0 Å². The van der Waals surface area contributed by atoms with E-state index in [9.17, 15) is 0 Å². The van der Waals surface area contributed by atoms with Gasteiger partial charge in [0.25, 0.3) is 0 Å². The number of aromatic nitrogens is 2. The molecular weight excluding hydrogens is 282 g/mol. The number of rotatable bonds is 6. The van der Waals surface area contributed by atoms with Crippen LogP contribution in [0.2, 0.25) is 0 Å². The summed E-state index contributed by atoms with van der Waals surface area (Å²) in [5.41, 5.74) is 4.38. The zero-order valence-corrected chi connectivity index (χ0v) is 13.6. The van der Waals surface area contributed by atoms with Crippen molar-refractivity contribution >= 4 is 11.3 Å². The van der Waals surface area contributed by atoms with E-state index in [1.165, 1.54) is 28.8 Å². The molecule has 0 aromatic carbocycles. The van der Waals surface area contributed by atoms with Gasteiger partial charge in [-0.05, 0) is 37.8 Å². The van der Waals surface area contributed by atoms with Crippen molar-refractivity contribution in [1.29, 1.82) is 0 Å². The Kier molecular flexibility index (Phi) is 4.33. The number of hydrogen-bond donors (Lipinski definition) is 1. The van der Waals surface area contributed by atoms with E-state index in [1.807, 2.05) is 6.20 Å². The molecule has 0 saturated heterocycles. The third kappa shape index (κ3) is 3.48. The van der Waals surface area contributed by atoms with Crippen molar-refractivity contribution < 1.29 is 4.74 Å². The first-order valence-electron chi connectivity index (χ1n) is 7.32. The van der Waals surface area contributed by atoms with Crippen LogP contribution in [0.15, 0.2) is 12.3 Å². The van der Waals surface area contributed by atoms with Crippen LogP contribution in [0.1, 0.15) is 34.5 Å². The summed E-state index contributed by atoms with van der Waals surface area (Å²) in [7, 11) is 1.71. The molecule has 21 heavy (non-hydrogen) atoms. The number of pyridine rings is 1. The van der Waals surface area contributed by atoms with Gasteiger partial charge in [-0.25, -0.2) is 4.98 Å². The van der Waals surface area contributed by atoms with E-state index in [0.717, 1.165) is 22.9 Å². The van der Waals surface area contributed by atoms with Gasteiger partial charge in [-0.2, -0.15) is 0 Å². The second-order valence-electron chi connectivity index (χ2n) is 5.66. The highest BCUT2D eigenvalue weighted by Crippen LogP contribution is 2.30. The predicted octanol–water partition coefficient (Wildman–Crippen LogP) is 3.22. The second kappa shape index (κ2) is 6.22. The molecule has 5 heteroatoms. The predicted molar refractivity (Wildman–Crippen MR) is 85.4 cm³/mol. The molecule has 1 saturated carbocycles. The first-order chi connectivity index (χ1) is 10.2. The maximum atomic E-state index is 5.29. The maximum Gasteiger partial charge on any atom is 0.142 e. The standard InChI is InChI=1S/C16H21N3OS/c1-10-6-11(2)15(18-7-10)16-19-13(9-20-3)14(21-16)8-17-12-4-5-12/h6-7,12,17H,4-5,8-9H2,1-3H3. The molecule has 2 aromatic heterocycles. The van der Waals surface area contributed by atoms with E-state index in [0.29, 0.717) is 12.6 Å². The summed E-state index contributed by atoms with van der Waals surface area (Å²) in [5, 5.41) is 4.55. The Morgan fingerprint density at radius 3 is 2.86 bits per heavy atom.